The molecule has 0 aromatic carbocycles. The maximum atomic E-state index is 12.9. The number of aromatic amines is 1. The molecule has 0 fully saturated rings. The van der Waals surface area contributed by atoms with Crippen LogP contribution in [-0.4, -0.2) is 38.6 Å². The molecule has 3 heterocycles. The SMILES string of the molecule is CCOC(=O)c1c(C)[nH]c(C(=O)C(C)Sc2ncnc3ccsc23)c1C. The Balaban J connectivity index is 1.86. The number of Topliss-reactive ketones (excluding diaryl/α,β-unsaturated/α-hetero) is 1. The monoisotopic (exact) mass is 389 g/mol. The Bertz CT molecular complexity index is 977. The molecule has 8 heteroatoms. The Kier molecular flexibility index (Phi) is 5.43. The third-order valence-electron chi connectivity index (χ3n) is 4.03. The highest BCUT2D eigenvalue weighted by molar-refractivity contribution is 8.00. The molecule has 1 unspecified atom stereocenters. The Hall–Kier alpha value is -2.19. The van der Waals surface area contributed by atoms with E-state index >= 15 is 0 Å². The van der Waals surface area contributed by atoms with Crippen LogP contribution in [0.25, 0.3) is 10.2 Å². The lowest BCUT2D eigenvalue weighted by Gasteiger charge is -2.10. The lowest BCUT2D eigenvalue weighted by molar-refractivity contribution is 0.0525. The van der Waals surface area contributed by atoms with Gasteiger partial charge in [-0.25, -0.2) is 14.8 Å². The average Bonchev–Trinajstić information content (AvgIpc) is 3.19. The van der Waals surface area contributed by atoms with Gasteiger partial charge >= 0.3 is 5.97 Å². The van der Waals surface area contributed by atoms with Crippen molar-refractivity contribution in [3.8, 4) is 0 Å². The van der Waals surface area contributed by atoms with Crippen molar-refractivity contribution in [2.75, 3.05) is 6.61 Å². The van der Waals surface area contributed by atoms with E-state index in [9.17, 15) is 9.59 Å². The molecule has 26 heavy (non-hydrogen) atoms. The third-order valence-corrected chi connectivity index (χ3v) is 6.17. The number of carbonyl (C=O) groups excluding carboxylic acids is 2. The molecule has 3 aromatic heterocycles. The molecule has 3 aromatic rings. The van der Waals surface area contributed by atoms with Gasteiger partial charge in [-0.2, -0.15) is 0 Å². The molecule has 1 atom stereocenters. The number of hydrogen-bond acceptors (Lipinski definition) is 7. The molecule has 136 valence electrons. The largest absolute Gasteiger partial charge is 0.462 e. The van der Waals surface area contributed by atoms with Gasteiger partial charge in [-0.15, -0.1) is 11.3 Å². The number of rotatable bonds is 6. The van der Waals surface area contributed by atoms with Crippen LogP contribution in [0.2, 0.25) is 0 Å². The van der Waals surface area contributed by atoms with E-state index < -0.39 is 5.97 Å². The smallest absolute Gasteiger partial charge is 0.340 e. The minimum absolute atomic E-state index is 0.0746. The van der Waals surface area contributed by atoms with Gasteiger partial charge in [0.2, 0.25) is 0 Å². The van der Waals surface area contributed by atoms with Crippen LogP contribution in [0.5, 0.6) is 0 Å². The molecule has 0 bridgehead atoms. The molecular weight excluding hydrogens is 370 g/mol. The third kappa shape index (κ3) is 3.39. The van der Waals surface area contributed by atoms with Crippen molar-refractivity contribution in [2.24, 2.45) is 0 Å². The van der Waals surface area contributed by atoms with E-state index in [4.69, 9.17) is 4.74 Å². The number of nitrogens with one attached hydrogen (secondary N) is 1. The first kappa shape index (κ1) is 18.6. The van der Waals surface area contributed by atoms with Crippen LogP contribution >= 0.6 is 23.1 Å². The van der Waals surface area contributed by atoms with Gasteiger partial charge < -0.3 is 9.72 Å². The summed E-state index contributed by atoms with van der Waals surface area (Å²) in [5.41, 5.74) is 3.03. The first-order valence-electron chi connectivity index (χ1n) is 8.19. The minimum Gasteiger partial charge on any atom is -0.462 e. The van der Waals surface area contributed by atoms with Crippen LogP contribution in [0.1, 0.15) is 46.0 Å². The van der Waals surface area contributed by atoms with Crippen LogP contribution < -0.4 is 0 Å². The van der Waals surface area contributed by atoms with Crippen LogP contribution in [0.3, 0.4) is 0 Å². The van der Waals surface area contributed by atoms with E-state index in [-0.39, 0.29) is 11.0 Å². The second-order valence-corrected chi connectivity index (χ2v) is 8.03. The van der Waals surface area contributed by atoms with Crippen molar-refractivity contribution in [2.45, 2.75) is 38.0 Å². The summed E-state index contributed by atoms with van der Waals surface area (Å²) in [6.07, 6.45) is 1.51. The Morgan fingerprint density at radius 2 is 2.12 bits per heavy atom. The van der Waals surface area contributed by atoms with E-state index in [1.807, 2.05) is 18.4 Å². The van der Waals surface area contributed by atoms with Crippen molar-refractivity contribution < 1.29 is 14.3 Å². The van der Waals surface area contributed by atoms with Gasteiger partial charge in [0.15, 0.2) is 5.78 Å². The number of fused-ring (bicyclic) bond motifs is 1. The molecule has 0 aliphatic heterocycles. The number of carbonyl (C=O) groups is 2. The molecule has 3 rings (SSSR count). The first-order valence-corrected chi connectivity index (χ1v) is 9.95. The van der Waals surface area contributed by atoms with Crippen LogP contribution in [-0.2, 0) is 4.74 Å². The number of ether oxygens (including phenoxy) is 1. The minimum atomic E-state index is -0.408. The Morgan fingerprint density at radius 3 is 2.85 bits per heavy atom. The van der Waals surface area contributed by atoms with Gasteiger partial charge in [0.1, 0.15) is 11.4 Å². The van der Waals surface area contributed by atoms with Gasteiger partial charge in [0, 0.05) is 5.69 Å². The number of H-pyrrole nitrogens is 1. The number of hydrogen-bond donors (Lipinski definition) is 1. The zero-order valence-corrected chi connectivity index (χ0v) is 16.6. The highest BCUT2D eigenvalue weighted by Crippen LogP contribution is 2.33. The van der Waals surface area contributed by atoms with Crippen LogP contribution in [0, 0.1) is 13.8 Å². The van der Waals surface area contributed by atoms with E-state index in [0.717, 1.165) is 15.2 Å². The summed E-state index contributed by atoms with van der Waals surface area (Å²) in [7, 11) is 0. The van der Waals surface area contributed by atoms with Crippen molar-refractivity contribution >= 4 is 45.1 Å². The molecule has 0 aliphatic rings. The molecule has 6 nitrogen and oxygen atoms in total. The zero-order chi connectivity index (χ0) is 18.8. The molecule has 1 N–H and O–H groups in total. The molecular formula is C18H19N3O3S2. The molecule has 0 saturated heterocycles. The molecule has 0 radical (unpaired) electrons. The second kappa shape index (κ2) is 7.59. The van der Waals surface area contributed by atoms with Crippen LogP contribution in [0.4, 0.5) is 0 Å². The number of thiophene rings is 1. The summed E-state index contributed by atoms with van der Waals surface area (Å²) in [5, 5.41) is 2.39. The summed E-state index contributed by atoms with van der Waals surface area (Å²) >= 11 is 2.95. The van der Waals surface area contributed by atoms with E-state index in [1.165, 1.54) is 18.1 Å². The van der Waals surface area contributed by atoms with Gasteiger partial charge in [0.05, 0.1) is 33.3 Å². The number of ketones is 1. The number of aromatic nitrogens is 3. The molecule has 0 spiro atoms. The average molecular weight is 390 g/mol. The number of thioether (sulfide) groups is 1. The second-order valence-electron chi connectivity index (χ2n) is 5.78. The summed E-state index contributed by atoms with van der Waals surface area (Å²) in [4.78, 5) is 36.7. The maximum absolute atomic E-state index is 12.9. The summed E-state index contributed by atoms with van der Waals surface area (Å²) < 4.78 is 6.06. The van der Waals surface area contributed by atoms with Crippen molar-refractivity contribution in [1.82, 2.24) is 15.0 Å². The quantitative estimate of drug-likeness (QED) is 0.295. The van der Waals surface area contributed by atoms with Crippen LogP contribution in [0.15, 0.2) is 22.8 Å². The lowest BCUT2D eigenvalue weighted by Crippen LogP contribution is -2.16. The van der Waals surface area contributed by atoms with Crippen molar-refractivity contribution in [3.05, 3.63) is 40.3 Å². The molecule has 0 amide bonds. The number of aryl methyl sites for hydroxylation is 1. The lowest BCUT2D eigenvalue weighted by atomic mass is 10.1. The van der Waals surface area contributed by atoms with Gasteiger partial charge in [-0.1, -0.05) is 11.8 Å². The predicted octanol–water partition coefficient (Wildman–Crippen LogP) is 4.18. The van der Waals surface area contributed by atoms with E-state index in [1.54, 1.807) is 32.1 Å². The number of esters is 1. The summed E-state index contributed by atoms with van der Waals surface area (Å²) in [5.74, 6) is -0.483. The topological polar surface area (TPSA) is 84.9 Å². The molecule has 0 saturated carbocycles. The summed E-state index contributed by atoms with van der Waals surface area (Å²) in [6, 6.07) is 1.93. The fourth-order valence-corrected chi connectivity index (χ4v) is 4.68. The predicted molar refractivity (Wildman–Crippen MR) is 103 cm³/mol. The van der Waals surface area contributed by atoms with Gasteiger partial charge in [0.25, 0.3) is 0 Å². The zero-order valence-electron chi connectivity index (χ0n) is 15.0. The van der Waals surface area contributed by atoms with Crippen molar-refractivity contribution in [3.63, 3.8) is 0 Å². The number of nitrogens with zero attached hydrogens (tertiary/aromatic N) is 2. The fraction of sp³-hybridized carbons (Fsp3) is 0.333. The molecule has 0 aliphatic carbocycles. The van der Waals surface area contributed by atoms with E-state index in [2.05, 4.69) is 15.0 Å². The van der Waals surface area contributed by atoms with Gasteiger partial charge in [-0.3, -0.25) is 4.79 Å². The standard InChI is InChI=1S/C18H19N3O3S2/c1-5-24-18(23)13-9(2)14(21-10(13)3)15(22)11(4)26-17-16-12(6-7-25-16)19-8-20-17/h6-8,11,21H,5H2,1-4H3. The normalized spacial score (nSPS) is 12.3. The van der Waals surface area contributed by atoms with E-state index in [0.29, 0.717) is 29.1 Å². The highest BCUT2D eigenvalue weighted by Gasteiger charge is 2.26. The first-order chi connectivity index (χ1) is 12.4. The summed E-state index contributed by atoms with van der Waals surface area (Å²) in [6.45, 7) is 7.43. The van der Waals surface area contributed by atoms with Crippen molar-refractivity contribution in [1.29, 1.82) is 0 Å². The van der Waals surface area contributed by atoms with Gasteiger partial charge in [-0.05, 0) is 44.7 Å². The maximum Gasteiger partial charge on any atom is 0.340 e. The highest BCUT2D eigenvalue weighted by atomic mass is 32.2. The Labute approximate surface area is 159 Å². The Morgan fingerprint density at radius 1 is 1.35 bits per heavy atom. The fourth-order valence-electron chi connectivity index (χ4n) is 2.78.